The fourth-order valence-corrected chi connectivity index (χ4v) is 1.71. The Kier molecular flexibility index (Phi) is 4.11. The number of hydrogen-bond donors (Lipinski definition) is 2. The predicted molar refractivity (Wildman–Crippen MR) is 57.2 cm³/mol. The van der Waals surface area contributed by atoms with E-state index in [1.54, 1.807) is 0 Å². The molecule has 0 aromatic rings. The van der Waals surface area contributed by atoms with Crippen molar-refractivity contribution in [1.29, 1.82) is 0 Å². The molecule has 1 aliphatic rings. The van der Waals surface area contributed by atoms with Crippen molar-refractivity contribution in [2.45, 2.75) is 51.2 Å². The molecule has 0 bridgehead atoms. The summed E-state index contributed by atoms with van der Waals surface area (Å²) in [5.41, 5.74) is 3.74. The van der Waals surface area contributed by atoms with Crippen LogP contribution >= 0.6 is 0 Å². The summed E-state index contributed by atoms with van der Waals surface area (Å²) in [6, 6.07) is 0. The minimum absolute atomic E-state index is 0.0354. The molecule has 4 heteroatoms. The lowest BCUT2D eigenvalue weighted by Gasteiger charge is -2.28. The molecule has 0 aromatic heterocycles. The molecule has 15 heavy (non-hydrogen) atoms. The summed E-state index contributed by atoms with van der Waals surface area (Å²) in [6.07, 6.45) is 3.93. The van der Waals surface area contributed by atoms with E-state index in [1.807, 2.05) is 0 Å². The Labute approximate surface area is 90.8 Å². The number of aliphatic hydroxyl groups is 1. The van der Waals surface area contributed by atoms with E-state index in [0.29, 0.717) is 0 Å². The van der Waals surface area contributed by atoms with Gasteiger partial charge in [-0.25, -0.2) is 4.79 Å². The fourth-order valence-electron chi connectivity index (χ4n) is 1.71. The standard InChI is InChI=1S/C11H21NO3/c1-8-3-5-9(6-4-8)15-10(13)11(2,14)7-12/h8-9,14H,3-7,12H2,1-2H3. The van der Waals surface area contributed by atoms with Gasteiger partial charge in [0.25, 0.3) is 0 Å². The third kappa shape index (κ3) is 3.47. The molecule has 0 aromatic carbocycles. The van der Waals surface area contributed by atoms with Gasteiger partial charge in [-0.05, 0) is 38.5 Å². The Morgan fingerprint density at radius 2 is 2.00 bits per heavy atom. The Bertz CT molecular complexity index is 220. The summed E-state index contributed by atoms with van der Waals surface area (Å²) in [6.45, 7) is 3.49. The second-order valence-electron chi connectivity index (χ2n) is 4.77. The number of carbonyl (C=O) groups is 1. The smallest absolute Gasteiger partial charge is 0.339 e. The quantitative estimate of drug-likeness (QED) is 0.684. The Morgan fingerprint density at radius 3 is 2.47 bits per heavy atom. The lowest BCUT2D eigenvalue weighted by Crippen LogP contribution is -2.45. The van der Waals surface area contributed by atoms with E-state index in [4.69, 9.17) is 10.5 Å². The van der Waals surface area contributed by atoms with Gasteiger partial charge in [-0.15, -0.1) is 0 Å². The summed E-state index contributed by atoms with van der Waals surface area (Å²) >= 11 is 0. The Balaban J connectivity index is 2.39. The maximum absolute atomic E-state index is 11.5. The first-order valence-corrected chi connectivity index (χ1v) is 5.59. The van der Waals surface area contributed by atoms with Gasteiger partial charge in [-0.3, -0.25) is 0 Å². The molecule has 0 heterocycles. The summed E-state index contributed by atoms with van der Waals surface area (Å²) in [7, 11) is 0. The highest BCUT2D eigenvalue weighted by Crippen LogP contribution is 2.26. The van der Waals surface area contributed by atoms with Crippen molar-refractivity contribution < 1.29 is 14.6 Å². The first-order valence-electron chi connectivity index (χ1n) is 5.59. The van der Waals surface area contributed by atoms with E-state index < -0.39 is 11.6 Å². The van der Waals surface area contributed by atoms with Crippen LogP contribution < -0.4 is 5.73 Å². The fraction of sp³-hybridized carbons (Fsp3) is 0.909. The van der Waals surface area contributed by atoms with Crippen LogP contribution in [-0.2, 0) is 9.53 Å². The van der Waals surface area contributed by atoms with Crippen LogP contribution in [0.5, 0.6) is 0 Å². The summed E-state index contributed by atoms with van der Waals surface area (Å²) in [5, 5.41) is 9.57. The van der Waals surface area contributed by atoms with E-state index >= 15 is 0 Å². The van der Waals surface area contributed by atoms with Gasteiger partial charge in [0.05, 0.1) is 0 Å². The van der Waals surface area contributed by atoms with Crippen LogP contribution in [0.25, 0.3) is 0 Å². The van der Waals surface area contributed by atoms with Gasteiger partial charge in [0.2, 0.25) is 0 Å². The number of nitrogens with two attached hydrogens (primary N) is 1. The van der Waals surface area contributed by atoms with Gasteiger partial charge in [-0.2, -0.15) is 0 Å². The summed E-state index contributed by atoms with van der Waals surface area (Å²) in [4.78, 5) is 11.5. The van der Waals surface area contributed by atoms with Gasteiger partial charge in [0, 0.05) is 6.54 Å². The van der Waals surface area contributed by atoms with Crippen LogP contribution in [-0.4, -0.2) is 29.3 Å². The lowest BCUT2D eigenvalue weighted by atomic mass is 9.89. The highest BCUT2D eigenvalue weighted by Gasteiger charge is 2.33. The molecule has 1 unspecified atom stereocenters. The first kappa shape index (κ1) is 12.5. The molecule has 0 amide bonds. The molecular formula is C11H21NO3. The van der Waals surface area contributed by atoms with Crippen LogP contribution in [0.4, 0.5) is 0 Å². The van der Waals surface area contributed by atoms with Crippen LogP contribution in [0.2, 0.25) is 0 Å². The van der Waals surface area contributed by atoms with Gasteiger partial charge in [-0.1, -0.05) is 6.92 Å². The number of rotatable bonds is 3. The molecule has 0 radical (unpaired) electrons. The van der Waals surface area contributed by atoms with Crippen LogP contribution in [0.1, 0.15) is 39.5 Å². The molecule has 0 aliphatic heterocycles. The normalized spacial score (nSPS) is 30.7. The van der Waals surface area contributed by atoms with E-state index in [-0.39, 0.29) is 12.6 Å². The van der Waals surface area contributed by atoms with Crippen molar-refractivity contribution in [3.05, 3.63) is 0 Å². The number of hydrogen-bond acceptors (Lipinski definition) is 4. The Morgan fingerprint density at radius 1 is 1.47 bits per heavy atom. The molecule has 88 valence electrons. The van der Waals surface area contributed by atoms with Crippen LogP contribution in [0.15, 0.2) is 0 Å². The van der Waals surface area contributed by atoms with Crippen molar-refractivity contribution >= 4 is 5.97 Å². The number of ether oxygens (including phenoxy) is 1. The summed E-state index contributed by atoms with van der Waals surface area (Å²) < 4.78 is 5.23. The molecule has 1 atom stereocenters. The largest absolute Gasteiger partial charge is 0.460 e. The molecule has 1 aliphatic carbocycles. The van der Waals surface area contributed by atoms with Gasteiger partial charge in [0.1, 0.15) is 6.10 Å². The zero-order valence-corrected chi connectivity index (χ0v) is 9.53. The van der Waals surface area contributed by atoms with E-state index in [0.717, 1.165) is 31.6 Å². The third-order valence-electron chi connectivity index (χ3n) is 3.07. The molecule has 1 fully saturated rings. The van der Waals surface area contributed by atoms with Crippen molar-refractivity contribution in [2.24, 2.45) is 11.7 Å². The van der Waals surface area contributed by atoms with Crippen molar-refractivity contribution in [1.82, 2.24) is 0 Å². The van der Waals surface area contributed by atoms with Crippen molar-refractivity contribution in [2.75, 3.05) is 6.54 Å². The first-order chi connectivity index (χ1) is 6.95. The molecule has 0 saturated heterocycles. The molecule has 1 rings (SSSR count). The average Bonchev–Trinajstić information content (AvgIpc) is 2.21. The summed E-state index contributed by atoms with van der Waals surface area (Å²) in [5.74, 6) is 0.125. The second kappa shape index (κ2) is 4.94. The van der Waals surface area contributed by atoms with Gasteiger partial charge >= 0.3 is 5.97 Å². The van der Waals surface area contributed by atoms with E-state index in [1.165, 1.54) is 6.92 Å². The minimum Gasteiger partial charge on any atom is -0.460 e. The van der Waals surface area contributed by atoms with Crippen molar-refractivity contribution in [3.63, 3.8) is 0 Å². The molecular weight excluding hydrogens is 194 g/mol. The Hall–Kier alpha value is -0.610. The number of carbonyl (C=O) groups excluding carboxylic acids is 1. The van der Waals surface area contributed by atoms with E-state index in [9.17, 15) is 9.90 Å². The van der Waals surface area contributed by atoms with Crippen LogP contribution in [0.3, 0.4) is 0 Å². The SMILES string of the molecule is CC1CCC(OC(=O)C(C)(O)CN)CC1. The monoisotopic (exact) mass is 215 g/mol. The highest BCUT2D eigenvalue weighted by atomic mass is 16.6. The molecule has 0 spiro atoms. The average molecular weight is 215 g/mol. The second-order valence-corrected chi connectivity index (χ2v) is 4.77. The zero-order valence-electron chi connectivity index (χ0n) is 9.53. The molecule has 1 saturated carbocycles. The lowest BCUT2D eigenvalue weighted by molar-refractivity contribution is -0.170. The van der Waals surface area contributed by atoms with Crippen molar-refractivity contribution in [3.8, 4) is 0 Å². The minimum atomic E-state index is -1.54. The molecule has 4 nitrogen and oxygen atoms in total. The predicted octanol–water partition coefficient (Wildman–Crippen LogP) is 0.818. The highest BCUT2D eigenvalue weighted by molar-refractivity contribution is 5.79. The maximum atomic E-state index is 11.5. The van der Waals surface area contributed by atoms with Gasteiger partial charge < -0.3 is 15.6 Å². The van der Waals surface area contributed by atoms with E-state index in [2.05, 4.69) is 6.92 Å². The van der Waals surface area contributed by atoms with Crippen LogP contribution in [0, 0.1) is 5.92 Å². The van der Waals surface area contributed by atoms with Gasteiger partial charge in [0.15, 0.2) is 5.60 Å². The topological polar surface area (TPSA) is 72.5 Å². The molecule has 3 N–H and O–H groups in total. The maximum Gasteiger partial charge on any atom is 0.339 e. The third-order valence-corrected chi connectivity index (χ3v) is 3.07. The zero-order chi connectivity index (χ0) is 11.5. The number of esters is 1.